The molecule has 3 aliphatic rings. The van der Waals surface area contributed by atoms with E-state index in [9.17, 15) is 14.9 Å². The Labute approximate surface area is 397 Å². The van der Waals surface area contributed by atoms with E-state index in [2.05, 4.69) is 42.8 Å². The number of nitrogens with one attached hydrogen (secondary N) is 1. The van der Waals surface area contributed by atoms with Crippen molar-refractivity contribution in [3.05, 3.63) is 221 Å². The van der Waals surface area contributed by atoms with Gasteiger partial charge in [0.25, 0.3) is 5.69 Å². The van der Waals surface area contributed by atoms with Crippen molar-refractivity contribution in [2.45, 2.75) is 20.0 Å². The van der Waals surface area contributed by atoms with Crippen molar-refractivity contribution in [3.8, 4) is 11.4 Å². The minimum atomic E-state index is -0.489. The maximum Gasteiger partial charge on any atom is 0.270 e. The molecule has 0 spiro atoms. The third kappa shape index (κ3) is 8.99. The molecule has 1 N–H and O–H groups in total. The number of rotatable bonds is 4. The average molecular weight is 954 g/mol. The van der Waals surface area contributed by atoms with Crippen LogP contribution in [0.2, 0.25) is 20.1 Å². The van der Waals surface area contributed by atoms with Gasteiger partial charge in [0.1, 0.15) is 31.8 Å². The van der Waals surface area contributed by atoms with E-state index in [-0.39, 0.29) is 18.1 Å². The summed E-state index contributed by atoms with van der Waals surface area (Å²) in [6.45, 7) is 2.79. The molecule has 18 heteroatoms. The number of nitro groups is 1. The van der Waals surface area contributed by atoms with Crippen LogP contribution < -0.4 is 5.32 Å². The third-order valence-corrected chi connectivity index (χ3v) is 11.8. The first kappa shape index (κ1) is 43.9. The highest BCUT2D eigenvalue weighted by molar-refractivity contribution is 6.37. The molecular weight excluding hydrogens is 920 g/mol. The lowest BCUT2D eigenvalue weighted by Gasteiger charge is -2.13. The Balaban J connectivity index is 0.000000125. The number of amides is 1. The van der Waals surface area contributed by atoms with Crippen molar-refractivity contribution in [2.75, 3.05) is 11.9 Å². The Kier molecular flexibility index (Phi) is 12.6. The van der Waals surface area contributed by atoms with Crippen LogP contribution in [0.3, 0.4) is 0 Å². The van der Waals surface area contributed by atoms with E-state index >= 15 is 0 Å². The number of carbonyl (C=O) groups is 1. The molecule has 8 aromatic rings. The van der Waals surface area contributed by atoms with Crippen LogP contribution in [0, 0.1) is 17.0 Å². The minimum Gasteiger partial charge on any atom is -0.324 e. The molecule has 0 atom stereocenters. The molecule has 0 radical (unpaired) electrons. The van der Waals surface area contributed by atoms with E-state index in [1.54, 1.807) is 30.6 Å². The van der Waals surface area contributed by atoms with E-state index < -0.39 is 4.92 Å². The van der Waals surface area contributed by atoms with Gasteiger partial charge in [-0.2, -0.15) is 0 Å². The Hall–Kier alpha value is -7.36. The number of aliphatic imine (C=N–C) groups is 3. The summed E-state index contributed by atoms with van der Waals surface area (Å²) >= 11 is 25.0. The van der Waals surface area contributed by atoms with Gasteiger partial charge in [-0.15, -0.1) is 20.4 Å². The second-order valence-electron chi connectivity index (χ2n) is 14.8. The first-order valence-electron chi connectivity index (χ1n) is 20.2. The van der Waals surface area contributed by atoms with Gasteiger partial charge in [-0.3, -0.25) is 39.0 Å². The number of halogens is 4. The Bertz CT molecular complexity index is 3290. The molecule has 0 unspecified atom stereocenters. The van der Waals surface area contributed by atoms with Crippen LogP contribution in [0.1, 0.15) is 50.9 Å². The standard InChI is InChI=1S/C17H12Cl2N4.C16H11ClN4.C15H10ClN3O3/c1-10-21-22-16-9-20-17(12-4-2-3-5-14(12)19)13-8-11(18)6-7-15(13)23(10)16;17-12-6-7-14-13(8-12)16(11-4-2-1-3-5-11)18-9-15-20-19-10-21(14)15;16-12-4-2-1-3-10(12)15-11-7-9(19(21)22)5-6-13(11)18-14(20)8-17-15/h2-8H,9H2,1H3;1-8,10H,9H2;1-7H,8H2,(H,18,20). The number of anilines is 1. The van der Waals surface area contributed by atoms with Crippen LogP contribution in [0.25, 0.3) is 11.4 Å². The highest BCUT2D eigenvalue weighted by Gasteiger charge is 2.25. The van der Waals surface area contributed by atoms with Crippen molar-refractivity contribution in [1.82, 2.24) is 29.5 Å². The van der Waals surface area contributed by atoms with Crippen molar-refractivity contribution < 1.29 is 9.72 Å². The van der Waals surface area contributed by atoms with E-state index in [0.29, 0.717) is 55.7 Å². The van der Waals surface area contributed by atoms with Gasteiger partial charge < -0.3 is 5.32 Å². The fraction of sp³-hybridized carbons (Fsp3) is 0.0833. The zero-order chi connectivity index (χ0) is 45.9. The van der Waals surface area contributed by atoms with Gasteiger partial charge in [-0.05, 0) is 61.5 Å². The van der Waals surface area contributed by atoms with E-state index in [1.165, 1.54) is 18.2 Å². The summed E-state index contributed by atoms with van der Waals surface area (Å²) in [5.74, 6) is 2.16. The molecule has 2 aromatic heterocycles. The Morgan fingerprint density at radius 3 is 1.86 bits per heavy atom. The van der Waals surface area contributed by atoms with E-state index in [0.717, 1.165) is 62.5 Å². The Morgan fingerprint density at radius 2 is 1.18 bits per heavy atom. The molecule has 11 rings (SSSR count). The number of aromatic nitrogens is 6. The van der Waals surface area contributed by atoms with Crippen LogP contribution >= 0.6 is 46.4 Å². The number of fused-ring (bicyclic) bond motifs is 7. The molecule has 6 aromatic carbocycles. The van der Waals surface area contributed by atoms with Crippen molar-refractivity contribution >= 4 is 80.8 Å². The number of benzene rings is 6. The zero-order valence-electron chi connectivity index (χ0n) is 34.6. The molecule has 326 valence electrons. The number of carbonyl (C=O) groups excluding carboxylic acids is 1. The van der Waals surface area contributed by atoms with E-state index in [1.807, 2.05) is 94.9 Å². The van der Waals surface area contributed by atoms with Gasteiger partial charge in [-0.1, -0.05) is 113 Å². The number of aryl methyl sites for hydroxylation is 1. The maximum atomic E-state index is 11.7. The lowest BCUT2D eigenvalue weighted by Crippen LogP contribution is -2.13. The number of hydrogen-bond acceptors (Lipinski definition) is 10. The molecule has 0 aliphatic carbocycles. The summed E-state index contributed by atoms with van der Waals surface area (Å²) in [4.78, 5) is 36.0. The summed E-state index contributed by atoms with van der Waals surface area (Å²) in [5, 5.41) is 32.7. The average Bonchev–Trinajstić information content (AvgIpc) is 3.80. The van der Waals surface area contributed by atoms with Gasteiger partial charge in [0.2, 0.25) is 5.91 Å². The summed E-state index contributed by atoms with van der Waals surface area (Å²) in [5.41, 5.74) is 9.55. The molecule has 5 heterocycles. The molecular formula is C48H33Cl4N11O3. The number of benzodiazepines with no additional fused rings is 1. The van der Waals surface area contributed by atoms with Crippen molar-refractivity contribution in [1.29, 1.82) is 0 Å². The second-order valence-corrected chi connectivity index (χ2v) is 16.5. The van der Waals surface area contributed by atoms with Gasteiger partial charge in [0, 0.05) is 65.6 Å². The summed E-state index contributed by atoms with van der Waals surface area (Å²) in [7, 11) is 0. The SMILES string of the molecule is Cc1nnc2n1-c1ccc(Cl)cc1C(c1ccccc1Cl)=NC2.Clc1ccc2c(c1)C(c1ccccc1)=NCc1nncn1-2.O=C1CN=C(c2ccccc2Cl)c2cc([N+](=O)[O-])ccc2N1. The number of nitro benzene ring substituents is 1. The predicted molar refractivity (Wildman–Crippen MR) is 258 cm³/mol. The van der Waals surface area contributed by atoms with Gasteiger partial charge in [0.05, 0.1) is 39.1 Å². The first-order valence-corrected chi connectivity index (χ1v) is 21.7. The van der Waals surface area contributed by atoms with E-state index in [4.69, 9.17) is 56.4 Å². The highest BCUT2D eigenvalue weighted by Crippen LogP contribution is 2.32. The quantitative estimate of drug-likeness (QED) is 0.135. The molecule has 66 heavy (non-hydrogen) atoms. The third-order valence-electron chi connectivity index (χ3n) is 10.6. The summed E-state index contributed by atoms with van der Waals surface area (Å²) in [6, 6.07) is 40.6. The molecule has 0 saturated heterocycles. The molecule has 1 amide bonds. The lowest BCUT2D eigenvalue weighted by molar-refractivity contribution is -0.384. The summed E-state index contributed by atoms with van der Waals surface area (Å²) < 4.78 is 3.98. The first-order chi connectivity index (χ1) is 32.0. The highest BCUT2D eigenvalue weighted by atomic mass is 35.5. The second kappa shape index (κ2) is 19.0. The van der Waals surface area contributed by atoms with Gasteiger partial charge >= 0.3 is 0 Å². The fourth-order valence-electron chi connectivity index (χ4n) is 7.65. The van der Waals surface area contributed by atoms with Crippen LogP contribution in [0.4, 0.5) is 11.4 Å². The van der Waals surface area contributed by atoms with Crippen LogP contribution in [-0.2, 0) is 17.9 Å². The minimum absolute atomic E-state index is 0.0664. The molecule has 0 bridgehead atoms. The Morgan fingerprint density at radius 1 is 0.591 bits per heavy atom. The topological polar surface area (TPSA) is 171 Å². The molecule has 3 aliphatic heterocycles. The molecule has 0 fully saturated rings. The normalized spacial score (nSPS) is 13.3. The number of nitrogens with zero attached hydrogens (tertiary/aromatic N) is 10. The number of non-ortho nitro benzene ring substituents is 1. The lowest BCUT2D eigenvalue weighted by atomic mass is 10.00. The monoisotopic (exact) mass is 951 g/mol. The number of hydrogen-bond donors (Lipinski definition) is 1. The fourth-order valence-corrected chi connectivity index (χ4v) is 8.44. The van der Waals surface area contributed by atoms with Crippen LogP contribution in [0.5, 0.6) is 0 Å². The van der Waals surface area contributed by atoms with Crippen molar-refractivity contribution in [3.63, 3.8) is 0 Å². The smallest absolute Gasteiger partial charge is 0.270 e. The zero-order valence-corrected chi connectivity index (χ0v) is 37.6. The van der Waals surface area contributed by atoms with Crippen molar-refractivity contribution in [2.24, 2.45) is 15.0 Å². The van der Waals surface area contributed by atoms with Crippen LogP contribution in [0.15, 0.2) is 155 Å². The molecule has 0 saturated carbocycles. The summed E-state index contributed by atoms with van der Waals surface area (Å²) in [6.07, 6.45) is 1.71. The predicted octanol–water partition coefficient (Wildman–Crippen LogP) is 10.5. The van der Waals surface area contributed by atoms with Crippen LogP contribution in [-0.4, -0.2) is 64.0 Å². The van der Waals surface area contributed by atoms with Gasteiger partial charge in [0.15, 0.2) is 11.6 Å². The van der Waals surface area contributed by atoms with Gasteiger partial charge in [-0.25, -0.2) is 0 Å². The largest absolute Gasteiger partial charge is 0.324 e. The molecule has 14 nitrogen and oxygen atoms in total. The maximum absolute atomic E-state index is 11.7.